The molecule has 2 rings (SSSR count). The third-order valence-electron chi connectivity index (χ3n) is 3.02. The Kier molecular flexibility index (Phi) is 4.64. The van der Waals surface area contributed by atoms with E-state index in [-0.39, 0.29) is 23.7 Å². The normalized spacial score (nSPS) is 12.4. The molecule has 0 aromatic heterocycles. The van der Waals surface area contributed by atoms with Gasteiger partial charge in [-0.25, -0.2) is 13.2 Å². The number of benzene rings is 2. The first kappa shape index (κ1) is 14.1. The zero-order chi connectivity index (χ0) is 13.8. The molecule has 0 N–H and O–H groups in total. The lowest BCUT2D eigenvalue weighted by molar-refractivity contribution is 0.544. The van der Waals surface area contributed by atoms with Crippen LogP contribution in [0.3, 0.4) is 0 Å². The molecule has 2 aromatic rings. The average molecular weight is 329 g/mol. The van der Waals surface area contributed by atoms with E-state index in [0.29, 0.717) is 5.33 Å². The summed E-state index contributed by atoms with van der Waals surface area (Å²) in [5.74, 6) is -1.66. The number of hydrogen-bond donors (Lipinski definition) is 0. The summed E-state index contributed by atoms with van der Waals surface area (Å²) in [5.41, 5.74) is 0.760. The Balaban J connectivity index is 2.29. The SMILES string of the molecule is Fc1cccc(C(CBr)Cc2c(F)cccc2F)c1. The molecule has 0 amide bonds. The van der Waals surface area contributed by atoms with Crippen LogP contribution in [-0.4, -0.2) is 5.33 Å². The Labute approximate surface area is 118 Å². The van der Waals surface area contributed by atoms with Crippen molar-refractivity contribution in [2.75, 3.05) is 5.33 Å². The first-order chi connectivity index (χ1) is 9.11. The van der Waals surface area contributed by atoms with E-state index in [1.165, 1.54) is 30.3 Å². The second-order valence-corrected chi connectivity index (χ2v) is 4.96. The molecule has 0 aliphatic rings. The largest absolute Gasteiger partial charge is 0.207 e. The van der Waals surface area contributed by atoms with E-state index in [2.05, 4.69) is 15.9 Å². The van der Waals surface area contributed by atoms with Crippen LogP contribution in [-0.2, 0) is 6.42 Å². The van der Waals surface area contributed by atoms with Gasteiger partial charge in [0.15, 0.2) is 0 Å². The van der Waals surface area contributed by atoms with Crippen LogP contribution in [0.4, 0.5) is 13.2 Å². The zero-order valence-electron chi connectivity index (χ0n) is 10.0. The van der Waals surface area contributed by atoms with E-state index in [9.17, 15) is 13.2 Å². The summed E-state index contributed by atoms with van der Waals surface area (Å²) < 4.78 is 40.4. The molecule has 1 atom stereocenters. The van der Waals surface area contributed by atoms with Gasteiger partial charge in [-0.05, 0) is 42.2 Å². The monoisotopic (exact) mass is 328 g/mol. The molecule has 19 heavy (non-hydrogen) atoms. The molecule has 2 aromatic carbocycles. The highest BCUT2D eigenvalue weighted by Crippen LogP contribution is 2.26. The molecule has 0 heterocycles. The fourth-order valence-corrected chi connectivity index (χ4v) is 2.60. The standard InChI is InChI=1S/C15H12BrF3/c16-9-11(10-3-1-4-12(17)7-10)8-13-14(18)5-2-6-15(13)19/h1-7,11H,8-9H2. The van der Waals surface area contributed by atoms with Crippen LogP contribution in [0, 0.1) is 17.5 Å². The van der Waals surface area contributed by atoms with Gasteiger partial charge in [-0.3, -0.25) is 0 Å². The molecule has 0 fully saturated rings. The van der Waals surface area contributed by atoms with Crippen molar-refractivity contribution in [1.82, 2.24) is 0 Å². The Morgan fingerprint density at radius 1 is 0.947 bits per heavy atom. The second kappa shape index (κ2) is 6.24. The summed E-state index contributed by atoms with van der Waals surface area (Å²) in [6, 6.07) is 9.89. The van der Waals surface area contributed by atoms with Gasteiger partial charge in [-0.2, -0.15) is 0 Å². The third-order valence-corrected chi connectivity index (χ3v) is 3.80. The minimum absolute atomic E-state index is 0.0382. The Morgan fingerprint density at radius 2 is 1.58 bits per heavy atom. The quantitative estimate of drug-likeness (QED) is 0.705. The molecule has 100 valence electrons. The Bertz CT molecular complexity index is 549. The van der Waals surface area contributed by atoms with Crippen LogP contribution in [0.1, 0.15) is 17.0 Å². The van der Waals surface area contributed by atoms with Gasteiger partial charge in [0.05, 0.1) is 0 Å². The summed E-state index contributed by atoms with van der Waals surface area (Å²) >= 11 is 3.32. The van der Waals surface area contributed by atoms with Crippen molar-refractivity contribution < 1.29 is 13.2 Å². The van der Waals surface area contributed by atoms with Crippen molar-refractivity contribution in [2.45, 2.75) is 12.3 Å². The summed E-state index contributed by atoms with van der Waals surface area (Å²) in [6.07, 6.45) is 0.188. The lowest BCUT2D eigenvalue weighted by Gasteiger charge is -2.15. The van der Waals surface area contributed by atoms with Gasteiger partial charge in [0.2, 0.25) is 0 Å². The molecule has 0 aliphatic carbocycles. The maximum absolute atomic E-state index is 13.6. The fourth-order valence-electron chi connectivity index (χ4n) is 2.00. The van der Waals surface area contributed by atoms with Gasteiger partial charge >= 0.3 is 0 Å². The lowest BCUT2D eigenvalue weighted by atomic mass is 9.93. The second-order valence-electron chi connectivity index (χ2n) is 4.31. The molecule has 0 spiro atoms. The maximum atomic E-state index is 13.6. The van der Waals surface area contributed by atoms with Gasteiger partial charge in [0.25, 0.3) is 0 Å². The molecule has 0 aliphatic heterocycles. The van der Waals surface area contributed by atoms with Gasteiger partial charge in [0, 0.05) is 10.9 Å². The van der Waals surface area contributed by atoms with Crippen molar-refractivity contribution in [3.8, 4) is 0 Å². The molecule has 0 saturated carbocycles. The summed E-state index contributed by atoms with van der Waals surface area (Å²) in [4.78, 5) is 0. The first-order valence-electron chi connectivity index (χ1n) is 5.86. The maximum Gasteiger partial charge on any atom is 0.129 e. The van der Waals surface area contributed by atoms with Gasteiger partial charge in [0.1, 0.15) is 17.5 Å². The summed E-state index contributed by atoms with van der Waals surface area (Å²) in [6.45, 7) is 0. The first-order valence-corrected chi connectivity index (χ1v) is 6.98. The number of alkyl halides is 1. The number of rotatable bonds is 4. The highest BCUT2D eigenvalue weighted by atomic mass is 79.9. The molecule has 4 heteroatoms. The molecular formula is C15H12BrF3. The topological polar surface area (TPSA) is 0 Å². The van der Waals surface area contributed by atoms with Crippen LogP contribution >= 0.6 is 15.9 Å². The van der Waals surface area contributed by atoms with E-state index >= 15 is 0 Å². The summed E-state index contributed by atoms with van der Waals surface area (Å²) in [7, 11) is 0. The highest BCUT2D eigenvalue weighted by molar-refractivity contribution is 9.09. The van der Waals surface area contributed by atoms with Crippen molar-refractivity contribution in [1.29, 1.82) is 0 Å². The van der Waals surface area contributed by atoms with E-state index in [1.807, 2.05) is 0 Å². The van der Waals surface area contributed by atoms with Crippen molar-refractivity contribution in [3.05, 3.63) is 71.0 Å². The van der Waals surface area contributed by atoms with E-state index in [4.69, 9.17) is 0 Å². The molecule has 0 saturated heterocycles. The van der Waals surface area contributed by atoms with Crippen LogP contribution < -0.4 is 0 Å². The molecule has 0 nitrogen and oxygen atoms in total. The Hall–Kier alpha value is -1.29. The Morgan fingerprint density at radius 3 is 2.16 bits per heavy atom. The number of halogens is 4. The predicted octanol–water partition coefficient (Wildman–Crippen LogP) is 4.83. The average Bonchev–Trinajstić information content (AvgIpc) is 2.38. The van der Waals surface area contributed by atoms with Crippen LogP contribution in [0.25, 0.3) is 0 Å². The molecule has 0 bridgehead atoms. The van der Waals surface area contributed by atoms with Crippen LogP contribution in [0.5, 0.6) is 0 Å². The smallest absolute Gasteiger partial charge is 0.129 e. The van der Waals surface area contributed by atoms with Gasteiger partial charge < -0.3 is 0 Å². The van der Waals surface area contributed by atoms with Crippen molar-refractivity contribution >= 4 is 15.9 Å². The molecule has 1 unspecified atom stereocenters. The molecular weight excluding hydrogens is 317 g/mol. The summed E-state index contributed by atoms with van der Waals surface area (Å²) in [5, 5.41) is 0.504. The van der Waals surface area contributed by atoms with E-state index in [0.717, 1.165) is 5.56 Å². The third kappa shape index (κ3) is 3.38. The van der Waals surface area contributed by atoms with E-state index in [1.54, 1.807) is 12.1 Å². The lowest BCUT2D eigenvalue weighted by Crippen LogP contribution is -2.08. The van der Waals surface area contributed by atoms with Crippen LogP contribution in [0.15, 0.2) is 42.5 Å². The minimum atomic E-state index is -0.567. The molecule has 0 radical (unpaired) electrons. The predicted molar refractivity (Wildman–Crippen MR) is 73.0 cm³/mol. The van der Waals surface area contributed by atoms with Gasteiger partial charge in [-0.1, -0.05) is 34.1 Å². The van der Waals surface area contributed by atoms with E-state index < -0.39 is 11.6 Å². The van der Waals surface area contributed by atoms with Crippen molar-refractivity contribution in [3.63, 3.8) is 0 Å². The van der Waals surface area contributed by atoms with Crippen molar-refractivity contribution in [2.24, 2.45) is 0 Å². The highest BCUT2D eigenvalue weighted by Gasteiger charge is 2.17. The van der Waals surface area contributed by atoms with Crippen LogP contribution in [0.2, 0.25) is 0 Å². The fraction of sp³-hybridized carbons (Fsp3) is 0.200. The number of hydrogen-bond acceptors (Lipinski definition) is 0. The van der Waals surface area contributed by atoms with Gasteiger partial charge in [-0.15, -0.1) is 0 Å². The minimum Gasteiger partial charge on any atom is -0.207 e. The zero-order valence-corrected chi connectivity index (χ0v) is 11.6.